The third-order valence-corrected chi connectivity index (χ3v) is 6.02. The number of ether oxygens (including phenoxy) is 1. The quantitative estimate of drug-likeness (QED) is 0.225. The number of thioether (sulfide) groups is 1. The summed E-state index contributed by atoms with van der Waals surface area (Å²) < 4.78 is 7.46. The minimum absolute atomic E-state index is 0.122. The summed E-state index contributed by atoms with van der Waals surface area (Å²) in [7, 11) is 0. The number of benzene rings is 2. The van der Waals surface area contributed by atoms with Gasteiger partial charge < -0.3 is 4.74 Å². The van der Waals surface area contributed by atoms with Crippen molar-refractivity contribution >= 4 is 40.7 Å². The minimum atomic E-state index is -0.122. The van der Waals surface area contributed by atoms with Crippen LogP contribution in [0.15, 0.2) is 72.1 Å². The number of nitrogens with zero attached hydrogens (tertiary/aromatic N) is 4. The molecule has 9 heteroatoms. The molecule has 0 spiro atoms. The number of carbonyl (C=O) groups is 1. The second-order valence-corrected chi connectivity index (χ2v) is 8.43. The maximum absolute atomic E-state index is 12.8. The maximum atomic E-state index is 12.8. The molecule has 0 aliphatic rings. The van der Waals surface area contributed by atoms with Gasteiger partial charge in [-0.25, -0.2) is 0 Å². The van der Waals surface area contributed by atoms with Crippen LogP contribution in [0.5, 0.6) is 5.75 Å². The molecule has 0 N–H and O–H groups in total. The lowest BCUT2D eigenvalue weighted by molar-refractivity contribution is 0.102. The maximum Gasteiger partial charge on any atom is 0.196 e. The molecule has 162 valence electrons. The van der Waals surface area contributed by atoms with Crippen LogP contribution in [-0.4, -0.2) is 37.9 Å². The largest absolute Gasteiger partial charge is 0.494 e. The molecule has 6 nitrogen and oxygen atoms in total. The van der Waals surface area contributed by atoms with Gasteiger partial charge >= 0.3 is 0 Å². The van der Waals surface area contributed by atoms with Crippen molar-refractivity contribution in [3.8, 4) is 22.8 Å². The first-order valence-electron chi connectivity index (χ1n) is 9.77. The van der Waals surface area contributed by atoms with Gasteiger partial charge in [0.25, 0.3) is 0 Å². The van der Waals surface area contributed by atoms with Crippen LogP contribution in [0, 0.1) is 0 Å². The normalized spacial score (nSPS) is 10.8. The SMILES string of the molecule is CCOc1ccc(-n2c(SCC(=O)c3ccc(Cl)cc3Cl)nnc2-c2ccncc2)cc1. The van der Waals surface area contributed by atoms with E-state index in [0.29, 0.717) is 33.2 Å². The van der Waals surface area contributed by atoms with Crippen LogP contribution in [0.1, 0.15) is 17.3 Å². The number of hydrogen-bond acceptors (Lipinski definition) is 6. The van der Waals surface area contributed by atoms with E-state index in [2.05, 4.69) is 15.2 Å². The molecule has 2 heterocycles. The average molecular weight is 485 g/mol. The third kappa shape index (κ3) is 4.96. The van der Waals surface area contributed by atoms with Gasteiger partial charge in [0.2, 0.25) is 0 Å². The van der Waals surface area contributed by atoms with Gasteiger partial charge in [0.05, 0.1) is 17.4 Å². The van der Waals surface area contributed by atoms with E-state index in [9.17, 15) is 4.79 Å². The molecule has 0 unspecified atom stereocenters. The van der Waals surface area contributed by atoms with Crippen molar-refractivity contribution in [1.82, 2.24) is 19.7 Å². The Kier molecular flexibility index (Phi) is 7.09. The number of Topliss-reactive ketones (excluding diaryl/α,β-unsaturated/α-hetero) is 1. The van der Waals surface area contributed by atoms with Crippen LogP contribution >= 0.6 is 35.0 Å². The summed E-state index contributed by atoms with van der Waals surface area (Å²) in [6.07, 6.45) is 3.40. The third-order valence-electron chi connectivity index (χ3n) is 4.54. The predicted molar refractivity (Wildman–Crippen MR) is 127 cm³/mol. The lowest BCUT2D eigenvalue weighted by Crippen LogP contribution is -2.06. The number of aromatic nitrogens is 4. The Morgan fingerprint density at radius 1 is 1.03 bits per heavy atom. The fourth-order valence-corrected chi connectivity index (χ4v) is 4.41. The molecule has 2 aromatic heterocycles. The van der Waals surface area contributed by atoms with Crippen molar-refractivity contribution in [3.05, 3.63) is 82.6 Å². The van der Waals surface area contributed by atoms with Crippen LogP contribution in [0.25, 0.3) is 17.1 Å². The Balaban J connectivity index is 1.66. The molecule has 0 bridgehead atoms. The molecular formula is C23H18Cl2N4O2S. The summed E-state index contributed by atoms with van der Waals surface area (Å²) in [6, 6.07) is 16.2. The summed E-state index contributed by atoms with van der Waals surface area (Å²) >= 11 is 13.4. The molecule has 0 amide bonds. The average Bonchev–Trinajstić information content (AvgIpc) is 3.23. The number of carbonyl (C=O) groups excluding carboxylic acids is 1. The highest BCUT2D eigenvalue weighted by Crippen LogP contribution is 2.30. The molecule has 4 rings (SSSR count). The van der Waals surface area contributed by atoms with E-state index in [1.165, 1.54) is 11.8 Å². The molecule has 0 aliphatic carbocycles. The van der Waals surface area contributed by atoms with Gasteiger partial charge in [-0.05, 0) is 61.5 Å². The van der Waals surface area contributed by atoms with Crippen LogP contribution in [-0.2, 0) is 0 Å². The molecule has 4 aromatic rings. The lowest BCUT2D eigenvalue weighted by Gasteiger charge is -2.11. The molecule has 2 aromatic carbocycles. The molecule has 0 radical (unpaired) electrons. The number of hydrogen-bond donors (Lipinski definition) is 0. The van der Waals surface area contributed by atoms with Crippen LogP contribution in [0.2, 0.25) is 10.0 Å². The van der Waals surface area contributed by atoms with E-state index in [4.69, 9.17) is 27.9 Å². The first-order valence-corrected chi connectivity index (χ1v) is 11.5. The monoisotopic (exact) mass is 484 g/mol. The van der Waals surface area contributed by atoms with E-state index in [0.717, 1.165) is 17.0 Å². The van der Waals surface area contributed by atoms with Crippen molar-refractivity contribution in [1.29, 1.82) is 0 Å². The van der Waals surface area contributed by atoms with Gasteiger partial charge in [0, 0.05) is 34.2 Å². The Morgan fingerprint density at radius 3 is 2.47 bits per heavy atom. The Morgan fingerprint density at radius 2 is 1.78 bits per heavy atom. The molecule has 0 saturated heterocycles. The van der Waals surface area contributed by atoms with E-state index in [1.54, 1.807) is 30.6 Å². The molecule has 0 atom stereocenters. The standard InChI is InChI=1S/C23H18Cl2N4O2S/c1-2-31-18-6-4-17(5-7-18)29-22(15-9-11-26-12-10-15)27-28-23(29)32-14-21(30)19-8-3-16(24)13-20(19)25/h3-13H,2,14H2,1H3. The zero-order valence-corrected chi connectivity index (χ0v) is 19.4. The van der Waals surface area contributed by atoms with Gasteiger partial charge in [-0.1, -0.05) is 35.0 Å². The molecule has 0 fully saturated rings. The lowest BCUT2D eigenvalue weighted by atomic mass is 10.1. The highest BCUT2D eigenvalue weighted by molar-refractivity contribution is 7.99. The van der Waals surface area contributed by atoms with Gasteiger partial charge in [-0.15, -0.1) is 10.2 Å². The fourth-order valence-electron chi connectivity index (χ4n) is 3.07. The van der Waals surface area contributed by atoms with Crippen LogP contribution in [0.3, 0.4) is 0 Å². The Labute approximate surface area is 199 Å². The number of ketones is 1. The smallest absolute Gasteiger partial charge is 0.196 e. The molecule has 32 heavy (non-hydrogen) atoms. The van der Waals surface area contributed by atoms with Crippen LogP contribution in [0.4, 0.5) is 0 Å². The zero-order valence-electron chi connectivity index (χ0n) is 17.0. The Hall–Kier alpha value is -2.87. The van der Waals surface area contributed by atoms with Crippen molar-refractivity contribution in [2.45, 2.75) is 12.1 Å². The fraction of sp³-hybridized carbons (Fsp3) is 0.130. The molecular weight excluding hydrogens is 467 g/mol. The number of pyridine rings is 1. The van der Waals surface area contributed by atoms with Gasteiger partial charge in [-0.3, -0.25) is 14.3 Å². The minimum Gasteiger partial charge on any atom is -0.494 e. The van der Waals surface area contributed by atoms with Crippen molar-refractivity contribution in [2.24, 2.45) is 0 Å². The second-order valence-electron chi connectivity index (χ2n) is 6.64. The summed E-state index contributed by atoms with van der Waals surface area (Å²) in [6.45, 7) is 2.53. The first-order chi connectivity index (χ1) is 15.6. The highest BCUT2D eigenvalue weighted by Gasteiger charge is 2.19. The van der Waals surface area contributed by atoms with Gasteiger partial charge in [-0.2, -0.15) is 0 Å². The summed E-state index contributed by atoms with van der Waals surface area (Å²) in [5, 5.41) is 10.1. The number of halogens is 2. The van der Waals surface area contributed by atoms with Crippen molar-refractivity contribution in [3.63, 3.8) is 0 Å². The van der Waals surface area contributed by atoms with Crippen molar-refractivity contribution in [2.75, 3.05) is 12.4 Å². The summed E-state index contributed by atoms with van der Waals surface area (Å²) in [5.41, 5.74) is 2.13. The highest BCUT2D eigenvalue weighted by atomic mass is 35.5. The van der Waals surface area contributed by atoms with Gasteiger partial charge in [0.1, 0.15) is 5.75 Å². The summed E-state index contributed by atoms with van der Waals surface area (Å²) in [5.74, 6) is 1.45. The predicted octanol–water partition coefficient (Wildman–Crippen LogP) is 6.01. The van der Waals surface area contributed by atoms with E-state index >= 15 is 0 Å². The van der Waals surface area contributed by atoms with E-state index < -0.39 is 0 Å². The topological polar surface area (TPSA) is 69.9 Å². The number of rotatable bonds is 8. The first kappa shape index (κ1) is 22.3. The van der Waals surface area contributed by atoms with E-state index in [-0.39, 0.29) is 11.5 Å². The molecule has 0 aliphatic heterocycles. The molecule has 0 saturated carbocycles. The van der Waals surface area contributed by atoms with Crippen molar-refractivity contribution < 1.29 is 9.53 Å². The van der Waals surface area contributed by atoms with E-state index in [1.807, 2.05) is 47.9 Å². The van der Waals surface area contributed by atoms with Crippen LogP contribution < -0.4 is 4.74 Å². The second kappa shape index (κ2) is 10.2. The Bertz CT molecular complexity index is 1230. The summed E-state index contributed by atoms with van der Waals surface area (Å²) in [4.78, 5) is 16.8. The zero-order chi connectivity index (χ0) is 22.5. The van der Waals surface area contributed by atoms with Gasteiger partial charge in [0.15, 0.2) is 16.8 Å².